The Hall–Kier alpha value is -0.370. The molecule has 1 saturated carbocycles. The summed E-state index contributed by atoms with van der Waals surface area (Å²) in [5, 5.41) is 3.17. The summed E-state index contributed by atoms with van der Waals surface area (Å²) in [4.78, 5) is 11.5. The average molecular weight is 211 g/mol. The fourth-order valence-corrected chi connectivity index (χ4v) is 2.45. The molecule has 0 aromatic carbocycles. The van der Waals surface area contributed by atoms with E-state index in [-0.39, 0.29) is 11.3 Å². The van der Waals surface area contributed by atoms with Gasteiger partial charge in [0.1, 0.15) is 5.78 Å². The van der Waals surface area contributed by atoms with E-state index in [0.29, 0.717) is 0 Å². The Morgan fingerprint density at radius 1 is 1.33 bits per heavy atom. The van der Waals surface area contributed by atoms with Gasteiger partial charge < -0.3 is 5.32 Å². The van der Waals surface area contributed by atoms with E-state index in [1.165, 1.54) is 38.5 Å². The van der Waals surface area contributed by atoms with Crippen LogP contribution in [0.15, 0.2) is 0 Å². The van der Waals surface area contributed by atoms with Gasteiger partial charge in [0.15, 0.2) is 0 Å². The molecule has 0 heterocycles. The Bertz CT molecular complexity index is 209. The lowest BCUT2D eigenvalue weighted by Crippen LogP contribution is -2.46. The highest BCUT2D eigenvalue weighted by Crippen LogP contribution is 2.29. The molecule has 2 nitrogen and oxygen atoms in total. The largest absolute Gasteiger partial charge is 0.308 e. The first kappa shape index (κ1) is 12.7. The molecule has 1 aliphatic rings. The van der Waals surface area contributed by atoms with Gasteiger partial charge in [-0.3, -0.25) is 4.79 Å². The van der Waals surface area contributed by atoms with Gasteiger partial charge in [0.05, 0.1) is 5.54 Å². The third kappa shape index (κ3) is 3.60. The van der Waals surface area contributed by atoms with Crippen LogP contribution in [0, 0.1) is 5.92 Å². The van der Waals surface area contributed by atoms with Gasteiger partial charge >= 0.3 is 0 Å². The van der Waals surface area contributed by atoms with Gasteiger partial charge in [-0.2, -0.15) is 0 Å². The summed E-state index contributed by atoms with van der Waals surface area (Å²) in [6, 6.07) is 0. The molecule has 0 radical (unpaired) electrons. The van der Waals surface area contributed by atoms with Crippen LogP contribution in [0.1, 0.15) is 58.8 Å². The molecule has 0 amide bonds. The van der Waals surface area contributed by atoms with Gasteiger partial charge in [0, 0.05) is 0 Å². The second kappa shape index (κ2) is 5.64. The van der Waals surface area contributed by atoms with Crippen LogP contribution in [-0.4, -0.2) is 18.4 Å². The Morgan fingerprint density at radius 2 is 1.93 bits per heavy atom. The molecule has 0 aromatic heterocycles. The standard InChI is InChI=1S/C13H25NO/c1-11(15)13(2,14-3)10-9-12-7-5-4-6-8-12/h12,14H,4-10H2,1-3H3/t13-/m0/s1. The van der Waals surface area contributed by atoms with Crippen molar-refractivity contribution in [1.29, 1.82) is 0 Å². The zero-order chi connectivity index (χ0) is 11.3. The second-order valence-corrected chi connectivity index (χ2v) is 5.18. The third-order valence-corrected chi connectivity index (χ3v) is 4.11. The minimum absolute atomic E-state index is 0.265. The number of Topliss-reactive ketones (excluding diaryl/α,β-unsaturated/α-hetero) is 1. The Kier molecular flexibility index (Phi) is 4.78. The summed E-state index contributed by atoms with van der Waals surface area (Å²) in [5.41, 5.74) is -0.294. The number of hydrogen-bond acceptors (Lipinski definition) is 2. The van der Waals surface area contributed by atoms with Gasteiger partial charge in [0.25, 0.3) is 0 Å². The van der Waals surface area contributed by atoms with Gasteiger partial charge in [-0.1, -0.05) is 32.1 Å². The fourth-order valence-electron chi connectivity index (χ4n) is 2.45. The van der Waals surface area contributed by atoms with E-state index >= 15 is 0 Å². The smallest absolute Gasteiger partial charge is 0.149 e. The van der Waals surface area contributed by atoms with Crippen molar-refractivity contribution in [2.75, 3.05) is 7.05 Å². The Morgan fingerprint density at radius 3 is 2.40 bits per heavy atom. The van der Waals surface area contributed by atoms with Crippen molar-refractivity contribution >= 4 is 5.78 Å². The highest BCUT2D eigenvalue weighted by molar-refractivity contribution is 5.85. The van der Waals surface area contributed by atoms with Gasteiger partial charge in [-0.05, 0) is 39.7 Å². The molecule has 0 unspecified atom stereocenters. The summed E-state index contributed by atoms with van der Waals surface area (Å²) in [5.74, 6) is 1.13. The highest BCUT2D eigenvalue weighted by atomic mass is 16.1. The van der Waals surface area contributed by atoms with Crippen LogP contribution in [0.2, 0.25) is 0 Å². The van der Waals surface area contributed by atoms with E-state index in [2.05, 4.69) is 5.32 Å². The number of ketones is 1. The number of likely N-dealkylation sites (N-methyl/N-ethyl adjacent to an activating group) is 1. The van der Waals surface area contributed by atoms with Gasteiger partial charge in [-0.25, -0.2) is 0 Å². The van der Waals surface area contributed by atoms with Crippen molar-refractivity contribution < 1.29 is 4.79 Å². The quantitative estimate of drug-likeness (QED) is 0.757. The van der Waals surface area contributed by atoms with E-state index in [9.17, 15) is 4.79 Å². The number of carbonyl (C=O) groups is 1. The Balaban J connectivity index is 2.36. The number of rotatable bonds is 5. The molecule has 15 heavy (non-hydrogen) atoms. The fraction of sp³-hybridized carbons (Fsp3) is 0.923. The Labute approximate surface area is 93.8 Å². The van der Waals surface area contributed by atoms with E-state index < -0.39 is 0 Å². The third-order valence-electron chi connectivity index (χ3n) is 4.11. The number of carbonyl (C=O) groups excluding carboxylic acids is 1. The maximum Gasteiger partial charge on any atom is 0.149 e. The first-order valence-corrected chi connectivity index (χ1v) is 6.28. The topological polar surface area (TPSA) is 29.1 Å². The summed E-state index contributed by atoms with van der Waals surface area (Å²) in [6.45, 7) is 3.72. The lowest BCUT2D eigenvalue weighted by Gasteiger charge is -2.29. The first-order valence-electron chi connectivity index (χ1n) is 6.28. The van der Waals surface area contributed by atoms with Crippen LogP contribution in [0.3, 0.4) is 0 Å². The minimum Gasteiger partial charge on any atom is -0.308 e. The van der Waals surface area contributed by atoms with Crippen LogP contribution in [0.4, 0.5) is 0 Å². The zero-order valence-electron chi connectivity index (χ0n) is 10.4. The van der Waals surface area contributed by atoms with E-state index in [4.69, 9.17) is 0 Å². The van der Waals surface area contributed by atoms with Crippen LogP contribution >= 0.6 is 0 Å². The minimum atomic E-state index is -0.294. The highest BCUT2D eigenvalue weighted by Gasteiger charge is 2.28. The van der Waals surface area contributed by atoms with E-state index in [1.54, 1.807) is 6.92 Å². The molecule has 0 saturated heterocycles. The predicted octanol–water partition coefficient (Wildman–Crippen LogP) is 2.91. The number of hydrogen-bond donors (Lipinski definition) is 1. The SMILES string of the molecule is CN[C@@](C)(CCC1CCCCC1)C(C)=O. The lowest BCUT2D eigenvalue weighted by molar-refractivity contribution is -0.122. The molecular formula is C13H25NO. The average Bonchev–Trinajstić information content (AvgIpc) is 2.27. The van der Waals surface area contributed by atoms with Crippen molar-refractivity contribution in [3.8, 4) is 0 Å². The molecule has 1 atom stereocenters. The summed E-state index contributed by atoms with van der Waals surface area (Å²) in [7, 11) is 1.89. The van der Waals surface area contributed by atoms with Crippen molar-refractivity contribution in [3.05, 3.63) is 0 Å². The van der Waals surface area contributed by atoms with E-state index in [0.717, 1.165) is 12.3 Å². The predicted molar refractivity (Wildman–Crippen MR) is 64.0 cm³/mol. The molecule has 1 rings (SSSR count). The van der Waals surface area contributed by atoms with Crippen LogP contribution in [0.25, 0.3) is 0 Å². The summed E-state index contributed by atoms with van der Waals surface area (Å²) >= 11 is 0. The summed E-state index contributed by atoms with van der Waals surface area (Å²) in [6.07, 6.45) is 9.13. The molecule has 0 spiro atoms. The van der Waals surface area contributed by atoms with Crippen LogP contribution < -0.4 is 5.32 Å². The molecule has 0 aliphatic heterocycles. The molecule has 88 valence electrons. The van der Waals surface area contributed by atoms with Crippen LogP contribution in [-0.2, 0) is 4.79 Å². The first-order chi connectivity index (χ1) is 7.08. The zero-order valence-corrected chi connectivity index (χ0v) is 10.4. The normalized spacial score (nSPS) is 22.3. The van der Waals surface area contributed by atoms with Crippen LogP contribution in [0.5, 0.6) is 0 Å². The van der Waals surface area contributed by atoms with Crippen molar-refractivity contribution in [2.45, 2.75) is 64.3 Å². The molecule has 0 aromatic rings. The lowest BCUT2D eigenvalue weighted by atomic mass is 9.81. The molecule has 1 aliphatic carbocycles. The van der Waals surface area contributed by atoms with Crippen molar-refractivity contribution in [1.82, 2.24) is 5.32 Å². The van der Waals surface area contributed by atoms with Crippen molar-refractivity contribution in [2.24, 2.45) is 5.92 Å². The molecular weight excluding hydrogens is 186 g/mol. The van der Waals surface area contributed by atoms with Crippen molar-refractivity contribution in [3.63, 3.8) is 0 Å². The monoisotopic (exact) mass is 211 g/mol. The maximum atomic E-state index is 11.5. The summed E-state index contributed by atoms with van der Waals surface area (Å²) < 4.78 is 0. The number of nitrogens with one attached hydrogen (secondary N) is 1. The van der Waals surface area contributed by atoms with Gasteiger partial charge in [0.2, 0.25) is 0 Å². The van der Waals surface area contributed by atoms with Gasteiger partial charge in [-0.15, -0.1) is 0 Å². The second-order valence-electron chi connectivity index (χ2n) is 5.18. The molecule has 1 fully saturated rings. The molecule has 1 N–H and O–H groups in total. The van der Waals surface area contributed by atoms with E-state index in [1.807, 2.05) is 14.0 Å². The molecule has 0 bridgehead atoms. The molecule has 2 heteroatoms. The maximum absolute atomic E-state index is 11.5.